The molecule has 158 valence electrons. The number of aryl methyl sites for hydroxylation is 2. The van der Waals surface area contributed by atoms with Crippen molar-refractivity contribution in [1.29, 1.82) is 0 Å². The summed E-state index contributed by atoms with van der Waals surface area (Å²) in [6.45, 7) is 0. The standard InChI is InChI=1S/C27H22N2O3/c1-31-24-13-7-5-11-22(24)26-27(21-10-3-2-8-19(21)17-30)32-25(29-26)15-14-18-16-28-23-12-6-4-9-20(18)23/h2-13,16-17,28H,14-15H2,1H3. The fourth-order valence-corrected chi connectivity index (χ4v) is 4.06. The molecule has 0 bridgehead atoms. The Bertz CT molecular complexity index is 1400. The van der Waals surface area contributed by atoms with Gasteiger partial charge < -0.3 is 14.1 Å². The minimum Gasteiger partial charge on any atom is -0.496 e. The lowest BCUT2D eigenvalue weighted by molar-refractivity contribution is 0.112. The van der Waals surface area contributed by atoms with Crippen LogP contribution >= 0.6 is 0 Å². The number of para-hydroxylation sites is 2. The number of aromatic nitrogens is 2. The maximum atomic E-state index is 11.7. The summed E-state index contributed by atoms with van der Waals surface area (Å²) in [7, 11) is 1.63. The van der Waals surface area contributed by atoms with E-state index in [0.29, 0.717) is 40.6 Å². The molecule has 2 aromatic heterocycles. The number of aromatic amines is 1. The second kappa shape index (κ2) is 8.55. The minimum atomic E-state index is 0.558. The molecule has 0 amide bonds. The zero-order chi connectivity index (χ0) is 21.9. The summed E-state index contributed by atoms with van der Waals surface area (Å²) < 4.78 is 11.8. The lowest BCUT2D eigenvalue weighted by Gasteiger charge is -2.08. The van der Waals surface area contributed by atoms with Gasteiger partial charge >= 0.3 is 0 Å². The summed E-state index contributed by atoms with van der Waals surface area (Å²) in [6, 6.07) is 23.3. The fraction of sp³-hybridized carbons (Fsp3) is 0.111. The molecule has 0 atom stereocenters. The average molecular weight is 422 g/mol. The molecule has 0 saturated carbocycles. The molecule has 5 heteroatoms. The molecule has 32 heavy (non-hydrogen) atoms. The number of methoxy groups -OCH3 is 1. The first-order valence-electron chi connectivity index (χ1n) is 10.5. The zero-order valence-electron chi connectivity index (χ0n) is 17.7. The molecule has 2 heterocycles. The summed E-state index contributed by atoms with van der Waals surface area (Å²) in [5.74, 6) is 1.90. The van der Waals surface area contributed by atoms with Crippen molar-refractivity contribution >= 4 is 17.2 Å². The number of oxazole rings is 1. The largest absolute Gasteiger partial charge is 0.496 e. The van der Waals surface area contributed by atoms with E-state index < -0.39 is 0 Å². The molecule has 0 aliphatic heterocycles. The number of H-pyrrole nitrogens is 1. The third-order valence-electron chi connectivity index (χ3n) is 5.65. The number of ether oxygens (including phenoxy) is 1. The number of rotatable bonds is 7. The van der Waals surface area contributed by atoms with Crippen molar-refractivity contribution < 1.29 is 13.9 Å². The number of benzene rings is 3. The van der Waals surface area contributed by atoms with Crippen LogP contribution in [0.4, 0.5) is 0 Å². The molecule has 0 spiro atoms. The van der Waals surface area contributed by atoms with Gasteiger partial charge in [-0.25, -0.2) is 4.98 Å². The van der Waals surface area contributed by atoms with Crippen molar-refractivity contribution in [2.45, 2.75) is 12.8 Å². The van der Waals surface area contributed by atoms with Crippen molar-refractivity contribution in [2.24, 2.45) is 0 Å². The molecule has 0 aliphatic rings. The average Bonchev–Trinajstić information content (AvgIpc) is 3.47. The van der Waals surface area contributed by atoms with Crippen LogP contribution in [-0.4, -0.2) is 23.4 Å². The Morgan fingerprint density at radius 1 is 0.938 bits per heavy atom. The van der Waals surface area contributed by atoms with E-state index in [0.717, 1.165) is 23.8 Å². The summed E-state index contributed by atoms with van der Waals surface area (Å²) in [6.07, 6.45) is 4.30. The van der Waals surface area contributed by atoms with E-state index in [1.807, 2.05) is 60.8 Å². The maximum absolute atomic E-state index is 11.7. The van der Waals surface area contributed by atoms with E-state index >= 15 is 0 Å². The number of nitrogens with zero attached hydrogens (tertiary/aromatic N) is 1. The molecule has 5 aromatic rings. The molecule has 5 rings (SSSR count). The molecular formula is C27H22N2O3. The topological polar surface area (TPSA) is 68.1 Å². The predicted molar refractivity (Wildman–Crippen MR) is 125 cm³/mol. The normalized spacial score (nSPS) is 11.0. The number of aldehydes is 1. The highest BCUT2D eigenvalue weighted by Crippen LogP contribution is 2.38. The first-order chi connectivity index (χ1) is 15.8. The van der Waals surface area contributed by atoms with Gasteiger partial charge in [-0.2, -0.15) is 0 Å². The number of carbonyl (C=O) groups is 1. The van der Waals surface area contributed by atoms with Crippen molar-refractivity contribution in [3.63, 3.8) is 0 Å². The van der Waals surface area contributed by atoms with Gasteiger partial charge in [-0.15, -0.1) is 0 Å². The van der Waals surface area contributed by atoms with E-state index in [1.165, 1.54) is 10.9 Å². The first kappa shape index (κ1) is 19.8. The van der Waals surface area contributed by atoms with Crippen LogP contribution in [-0.2, 0) is 12.8 Å². The Hall–Kier alpha value is -4.12. The van der Waals surface area contributed by atoms with E-state index in [-0.39, 0.29) is 0 Å². The summed E-state index contributed by atoms with van der Waals surface area (Å²) in [5.41, 5.74) is 5.10. The number of fused-ring (bicyclic) bond motifs is 1. The van der Waals surface area contributed by atoms with Gasteiger partial charge in [0, 0.05) is 40.2 Å². The quantitative estimate of drug-likeness (QED) is 0.322. The number of carbonyl (C=O) groups excluding carboxylic acids is 1. The molecule has 5 nitrogen and oxygen atoms in total. The first-order valence-corrected chi connectivity index (χ1v) is 10.5. The van der Waals surface area contributed by atoms with Gasteiger partial charge in [0.05, 0.1) is 7.11 Å². The molecule has 0 aliphatic carbocycles. The van der Waals surface area contributed by atoms with E-state index in [1.54, 1.807) is 13.2 Å². The van der Waals surface area contributed by atoms with E-state index in [2.05, 4.69) is 17.1 Å². The van der Waals surface area contributed by atoms with Crippen LogP contribution in [0.3, 0.4) is 0 Å². The smallest absolute Gasteiger partial charge is 0.195 e. The van der Waals surface area contributed by atoms with Gasteiger partial charge in [0.15, 0.2) is 17.9 Å². The SMILES string of the molecule is COc1ccccc1-c1nc(CCc2c[nH]c3ccccc23)oc1-c1ccccc1C=O. The number of hydrogen-bond donors (Lipinski definition) is 1. The van der Waals surface area contributed by atoms with Crippen LogP contribution in [0.25, 0.3) is 33.5 Å². The number of nitrogens with one attached hydrogen (secondary N) is 1. The van der Waals surface area contributed by atoms with Gasteiger partial charge in [0.1, 0.15) is 11.4 Å². The molecule has 0 saturated heterocycles. The van der Waals surface area contributed by atoms with E-state index in [4.69, 9.17) is 14.1 Å². The van der Waals surface area contributed by atoms with Crippen molar-refractivity contribution in [3.05, 3.63) is 96.0 Å². The molecule has 0 unspecified atom stereocenters. The highest BCUT2D eigenvalue weighted by molar-refractivity contribution is 5.91. The Labute approximate surface area is 185 Å². The van der Waals surface area contributed by atoms with Crippen LogP contribution in [0.5, 0.6) is 5.75 Å². The van der Waals surface area contributed by atoms with Crippen LogP contribution in [0.1, 0.15) is 21.8 Å². The minimum absolute atomic E-state index is 0.558. The third-order valence-corrected chi connectivity index (χ3v) is 5.65. The summed E-state index contributed by atoms with van der Waals surface area (Å²) >= 11 is 0. The Morgan fingerprint density at radius 3 is 2.53 bits per heavy atom. The second-order valence-electron chi connectivity index (χ2n) is 7.55. The van der Waals surface area contributed by atoms with Crippen molar-refractivity contribution in [1.82, 2.24) is 9.97 Å². The van der Waals surface area contributed by atoms with Crippen LogP contribution in [0.2, 0.25) is 0 Å². The summed E-state index contributed by atoms with van der Waals surface area (Å²) in [4.78, 5) is 19.9. The molecule has 0 fully saturated rings. The van der Waals surface area contributed by atoms with Crippen molar-refractivity contribution in [2.75, 3.05) is 7.11 Å². The monoisotopic (exact) mass is 422 g/mol. The zero-order valence-corrected chi connectivity index (χ0v) is 17.7. The number of hydrogen-bond acceptors (Lipinski definition) is 4. The molecule has 1 N–H and O–H groups in total. The second-order valence-corrected chi connectivity index (χ2v) is 7.55. The molecule has 0 radical (unpaired) electrons. The maximum Gasteiger partial charge on any atom is 0.195 e. The Balaban J connectivity index is 1.57. The van der Waals surface area contributed by atoms with Crippen LogP contribution in [0, 0.1) is 0 Å². The third kappa shape index (κ3) is 3.58. The van der Waals surface area contributed by atoms with Gasteiger partial charge in [0.25, 0.3) is 0 Å². The van der Waals surface area contributed by atoms with Crippen LogP contribution in [0.15, 0.2) is 83.4 Å². The highest BCUT2D eigenvalue weighted by Gasteiger charge is 2.21. The molecule has 3 aromatic carbocycles. The fourth-order valence-electron chi connectivity index (χ4n) is 4.06. The highest BCUT2D eigenvalue weighted by atomic mass is 16.5. The van der Waals surface area contributed by atoms with Crippen molar-refractivity contribution in [3.8, 4) is 28.3 Å². The molecular weight excluding hydrogens is 400 g/mol. The van der Waals surface area contributed by atoms with Gasteiger partial charge in [-0.3, -0.25) is 4.79 Å². The van der Waals surface area contributed by atoms with Gasteiger partial charge in [-0.05, 0) is 30.2 Å². The lowest BCUT2D eigenvalue weighted by atomic mass is 10.0. The lowest BCUT2D eigenvalue weighted by Crippen LogP contribution is -1.92. The summed E-state index contributed by atoms with van der Waals surface area (Å²) in [5, 5.41) is 1.20. The predicted octanol–water partition coefficient (Wildman–Crippen LogP) is 6.10. The van der Waals surface area contributed by atoms with Crippen LogP contribution < -0.4 is 4.74 Å². The van der Waals surface area contributed by atoms with Gasteiger partial charge in [-0.1, -0.05) is 54.6 Å². The van der Waals surface area contributed by atoms with E-state index in [9.17, 15) is 4.79 Å². The Kier molecular flexibility index (Phi) is 5.30. The van der Waals surface area contributed by atoms with Gasteiger partial charge in [0.2, 0.25) is 0 Å². The Morgan fingerprint density at radius 2 is 1.69 bits per heavy atom.